The highest BCUT2D eigenvalue weighted by molar-refractivity contribution is 6.01. The topological polar surface area (TPSA) is 129 Å². The summed E-state index contributed by atoms with van der Waals surface area (Å²) >= 11 is 0. The monoisotopic (exact) mass is 593 g/mol. The van der Waals surface area contributed by atoms with Crippen LogP contribution in [0.1, 0.15) is 34.8 Å². The first-order valence-electron chi connectivity index (χ1n) is 14.3. The molecule has 0 aromatic heterocycles. The maximum absolute atomic E-state index is 14.3. The fraction of sp³-hybridized carbons (Fsp3) is 0.235. The summed E-state index contributed by atoms with van der Waals surface area (Å²) in [7, 11) is 0. The van der Waals surface area contributed by atoms with E-state index < -0.39 is 11.6 Å². The number of aliphatic hydroxyl groups excluding tert-OH is 1. The number of nitrogens with one attached hydrogen (secondary N) is 1. The largest absolute Gasteiger partial charge is 0.494 e. The highest BCUT2D eigenvalue weighted by Crippen LogP contribution is 2.45. The number of carbonyl (C=O) groups excluding carboxylic acids is 1. The van der Waals surface area contributed by atoms with Crippen LogP contribution in [-0.4, -0.2) is 42.2 Å². The molecule has 0 radical (unpaired) electrons. The van der Waals surface area contributed by atoms with Crippen LogP contribution in [0.3, 0.4) is 0 Å². The van der Waals surface area contributed by atoms with Crippen LogP contribution < -0.4 is 10.1 Å². The van der Waals surface area contributed by atoms with Crippen molar-refractivity contribution in [3.8, 4) is 5.75 Å². The highest BCUT2D eigenvalue weighted by atomic mass is 19.1. The van der Waals surface area contributed by atoms with Crippen molar-refractivity contribution in [1.82, 2.24) is 5.32 Å². The molecule has 0 unspecified atom stereocenters. The van der Waals surface area contributed by atoms with E-state index in [9.17, 15) is 14.7 Å². The zero-order valence-corrected chi connectivity index (χ0v) is 24.0. The second kappa shape index (κ2) is 14.3. The van der Waals surface area contributed by atoms with E-state index in [1.54, 1.807) is 60.7 Å². The molecule has 1 heterocycles. The minimum absolute atomic E-state index is 0.0369. The summed E-state index contributed by atoms with van der Waals surface area (Å²) in [6.07, 6.45) is 0.190. The van der Waals surface area contributed by atoms with E-state index in [0.717, 1.165) is 11.1 Å². The smallest absolute Gasteiger partial charge is 0.252 e. The Kier molecular flexibility index (Phi) is 9.86. The second-order valence-electron chi connectivity index (χ2n) is 10.3. The number of amides is 1. The fourth-order valence-electron chi connectivity index (χ4n) is 5.18. The van der Waals surface area contributed by atoms with Gasteiger partial charge in [-0.3, -0.25) is 4.79 Å². The lowest BCUT2D eigenvalue weighted by Gasteiger charge is -2.31. The van der Waals surface area contributed by atoms with Crippen LogP contribution in [0.25, 0.3) is 10.4 Å². The lowest BCUT2D eigenvalue weighted by atomic mass is 9.81. The van der Waals surface area contributed by atoms with Crippen molar-refractivity contribution in [2.75, 3.05) is 19.8 Å². The number of ether oxygens (including phenoxy) is 2. The number of carbonyl (C=O) groups is 1. The molecule has 0 saturated heterocycles. The zero-order chi connectivity index (χ0) is 30.8. The molecule has 44 heavy (non-hydrogen) atoms. The molecule has 9 nitrogen and oxygen atoms in total. The van der Waals surface area contributed by atoms with Crippen molar-refractivity contribution < 1.29 is 23.8 Å². The summed E-state index contributed by atoms with van der Waals surface area (Å²) < 4.78 is 26.0. The number of halogens is 1. The van der Waals surface area contributed by atoms with Crippen molar-refractivity contribution >= 4 is 17.5 Å². The number of rotatable bonds is 13. The lowest BCUT2D eigenvalue weighted by Crippen LogP contribution is -2.50. The highest BCUT2D eigenvalue weighted by Gasteiger charge is 2.53. The van der Waals surface area contributed by atoms with Gasteiger partial charge in [0.25, 0.3) is 5.91 Å². The second-order valence-corrected chi connectivity index (χ2v) is 10.3. The number of hydrogen-bond acceptors (Lipinski definition) is 6. The zero-order valence-electron chi connectivity index (χ0n) is 24.0. The number of azide groups is 1. The SMILES string of the molecule is [N-]=[N+]=Nc1ccccc1[C@H]1OC(c2ccc(OCCCO)cc2)=N[C@@]1(Cc1ccccc1)C(=O)NCCc1cccc(F)c1. The van der Waals surface area contributed by atoms with E-state index >= 15 is 0 Å². The average Bonchev–Trinajstić information content (AvgIpc) is 3.42. The molecule has 224 valence electrons. The maximum Gasteiger partial charge on any atom is 0.252 e. The Morgan fingerprint density at radius 1 is 1.02 bits per heavy atom. The minimum Gasteiger partial charge on any atom is -0.494 e. The van der Waals surface area contributed by atoms with Crippen molar-refractivity contribution in [2.24, 2.45) is 10.1 Å². The Bertz CT molecular complexity index is 1660. The van der Waals surface area contributed by atoms with Crippen molar-refractivity contribution in [2.45, 2.75) is 30.9 Å². The van der Waals surface area contributed by atoms with E-state index in [0.29, 0.717) is 42.0 Å². The standard InChI is InChI=1S/C34H32FN5O4/c35-27-11-6-10-24(22-27)18-19-37-33(42)34(23-25-8-2-1-3-9-25)31(29-12-4-5-13-30(29)39-40-36)44-32(38-34)26-14-16-28(17-15-26)43-21-7-20-41/h1-6,8-17,22,31,41H,7,18-21,23H2,(H,37,42)/t31-,34-/m1/s1. The molecule has 2 N–H and O–H groups in total. The molecular formula is C34H32FN5O4. The maximum atomic E-state index is 14.3. The van der Waals surface area contributed by atoms with Crippen molar-refractivity contribution in [3.05, 3.63) is 142 Å². The molecule has 10 heteroatoms. The van der Waals surface area contributed by atoms with Crippen LogP contribution in [-0.2, 0) is 22.4 Å². The van der Waals surface area contributed by atoms with Crippen molar-refractivity contribution in [3.63, 3.8) is 0 Å². The third-order valence-corrected chi connectivity index (χ3v) is 7.31. The molecule has 0 fully saturated rings. The summed E-state index contributed by atoms with van der Waals surface area (Å²) in [5, 5.41) is 15.9. The summed E-state index contributed by atoms with van der Waals surface area (Å²) in [5.74, 6) is 0.158. The number of hydrogen-bond donors (Lipinski definition) is 2. The van der Waals surface area contributed by atoms with Gasteiger partial charge in [-0.15, -0.1) is 0 Å². The van der Waals surface area contributed by atoms with Gasteiger partial charge in [-0.25, -0.2) is 9.38 Å². The summed E-state index contributed by atoms with van der Waals surface area (Å²) in [6, 6.07) is 29.9. The number of nitrogens with zero attached hydrogens (tertiary/aromatic N) is 4. The van der Waals surface area contributed by atoms with Gasteiger partial charge in [0.2, 0.25) is 5.90 Å². The molecule has 4 aromatic carbocycles. The average molecular weight is 594 g/mol. The third kappa shape index (κ3) is 7.06. The van der Waals surface area contributed by atoms with Gasteiger partial charge in [0.1, 0.15) is 11.6 Å². The molecule has 1 aliphatic heterocycles. The predicted octanol–water partition coefficient (Wildman–Crippen LogP) is 6.39. The Balaban J connectivity index is 1.55. The van der Waals surface area contributed by atoms with Gasteiger partial charge < -0.3 is 19.9 Å². The quantitative estimate of drug-likeness (QED) is 0.0806. The van der Waals surface area contributed by atoms with E-state index in [1.165, 1.54) is 12.1 Å². The molecule has 2 atom stereocenters. The van der Waals surface area contributed by atoms with E-state index in [2.05, 4.69) is 15.3 Å². The molecule has 0 bridgehead atoms. The first-order chi connectivity index (χ1) is 21.5. The van der Waals surface area contributed by atoms with Crippen LogP contribution in [0.4, 0.5) is 10.1 Å². The molecule has 4 aromatic rings. The first kappa shape index (κ1) is 30.3. The van der Waals surface area contributed by atoms with Gasteiger partial charge in [0, 0.05) is 47.7 Å². The molecule has 1 amide bonds. The van der Waals surface area contributed by atoms with E-state index in [1.807, 2.05) is 30.3 Å². The first-order valence-corrected chi connectivity index (χ1v) is 14.3. The van der Waals surface area contributed by atoms with Gasteiger partial charge in [-0.1, -0.05) is 71.8 Å². The van der Waals surface area contributed by atoms with E-state index in [4.69, 9.17) is 19.6 Å². The Hall–Kier alpha value is -5.18. The van der Waals surface area contributed by atoms with Gasteiger partial charge >= 0.3 is 0 Å². The summed E-state index contributed by atoms with van der Waals surface area (Å²) in [6.45, 7) is 0.658. The summed E-state index contributed by atoms with van der Waals surface area (Å²) in [5.41, 5.74) is 10.9. The number of benzene rings is 4. The fourth-order valence-corrected chi connectivity index (χ4v) is 5.18. The number of aliphatic imine (C=N–C) groups is 1. The Labute approximate surface area is 254 Å². The lowest BCUT2D eigenvalue weighted by molar-refractivity contribution is -0.128. The Morgan fingerprint density at radius 3 is 2.52 bits per heavy atom. The van der Waals surface area contributed by atoms with Gasteiger partial charge in [0.15, 0.2) is 11.6 Å². The van der Waals surface area contributed by atoms with Crippen LogP contribution in [0, 0.1) is 5.82 Å². The molecule has 0 aliphatic carbocycles. The van der Waals surface area contributed by atoms with Gasteiger partial charge in [-0.05, 0) is 59.5 Å². The normalized spacial score (nSPS) is 17.2. The molecule has 0 saturated carbocycles. The van der Waals surface area contributed by atoms with Crippen LogP contribution in [0.2, 0.25) is 0 Å². The van der Waals surface area contributed by atoms with Gasteiger partial charge in [-0.2, -0.15) is 0 Å². The summed E-state index contributed by atoms with van der Waals surface area (Å²) in [4.78, 5) is 22.3. The molecular weight excluding hydrogens is 561 g/mol. The van der Waals surface area contributed by atoms with Crippen LogP contribution in [0.15, 0.2) is 113 Å². The molecule has 1 aliphatic rings. The van der Waals surface area contributed by atoms with Crippen LogP contribution in [0.5, 0.6) is 5.75 Å². The number of aliphatic hydroxyl groups is 1. The van der Waals surface area contributed by atoms with Crippen molar-refractivity contribution in [1.29, 1.82) is 0 Å². The molecule has 5 rings (SSSR count). The van der Waals surface area contributed by atoms with Crippen LogP contribution >= 0.6 is 0 Å². The predicted molar refractivity (Wildman–Crippen MR) is 165 cm³/mol. The third-order valence-electron chi connectivity index (χ3n) is 7.31. The molecule has 0 spiro atoms. The Morgan fingerprint density at radius 2 is 1.77 bits per heavy atom. The van der Waals surface area contributed by atoms with E-state index in [-0.39, 0.29) is 37.2 Å². The minimum atomic E-state index is -1.48. The van der Waals surface area contributed by atoms with Gasteiger partial charge in [0.05, 0.1) is 6.61 Å².